The molecular formula is C24H45Cl. The average molecular weight is 369 g/mol. The van der Waals surface area contributed by atoms with E-state index in [-0.39, 0.29) is 4.87 Å². The van der Waals surface area contributed by atoms with E-state index in [2.05, 4.69) is 6.92 Å². The van der Waals surface area contributed by atoms with Crippen molar-refractivity contribution in [3.8, 4) is 0 Å². The molecule has 148 valence electrons. The molecule has 0 bridgehead atoms. The molecule has 0 heterocycles. The van der Waals surface area contributed by atoms with E-state index in [4.69, 9.17) is 11.6 Å². The lowest BCUT2D eigenvalue weighted by molar-refractivity contribution is 0.255. The molecule has 2 aliphatic rings. The Morgan fingerprint density at radius 3 is 1.72 bits per heavy atom. The minimum Gasteiger partial charge on any atom is -0.119 e. The van der Waals surface area contributed by atoms with E-state index in [1.807, 2.05) is 0 Å². The summed E-state index contributed by atoms with van der Waals surface area (Å²) >= 11 is 7.15. The molecule has 0 N–H and O–H groups in total. The quantitative estimate of drug-likeness (QED) is 0.310. The third-order valence-electron chi connectivity index (χ3n) is 7.19. The van der Waals surface area contributed by atoms with Gasteiger partial charge in [0.25, 0.3) is 0 Å². The molecule has 0 aromatic rings. The van der Waals surface area contributed by atoms with E-state index < -0.39 is 0 Å². The highest BCUT2D eigenvalue weighted by Crippen LogP contribution is 2.41. The summed E-state index contributed by atoms with van der Waals surface area (Å²) in [6, 6.07) is 0. The highest BCUT2D eigenvalue weighted by molar-refractivity contribution is 6.23. The molecule has 2 fully saturated rings. The van der Waals surface area contributed by atoms with Gasteiger partial charge in [-0.3, -0.25) is 0 Å². The Morgan fingerprint density at radius 2 is 1.12 bits per heavy atom. The van der Waals surface area contributed by atoms with Gasteiger partial charge < -0.3 is 0 Å². The SMILES string of the molecule is CCCCCCCCC1(Cl)CCCC2CCCCCCCC2CCC1. The van der Waals surface area contributed by atoms with Crippen LogP contribution < -0.4 is 0 Å². The fraction of sp³-hybridized carbons (Fsp3) is 1.00. The number of hydrogen-bond acceptors (Lipinski definition) is 0. The highest BCUT2D eigenvalue weighted by Gasteiger charge is 2.30. The van der Waals surface area contributed by atoms with Crippen molar-refractivity contribution in [3.63, 3.8) is 0 Å². The van der Waals surface area contributed by atoms with Crippen molar-refractivity contribution in [1.82, 2.24) is 0 Å². The average Bonchev–Trinajstić information content (AvgIpc) is 2.75. The van der Waals surface area contributed by atoms with Crippen molar-refractivity contribution < 1.29 is 0 Å². The van der Waals surface area contributed by atoms with Gasteiger partial charge in [-0.25, -0.2) is 0 Å². The zero-order valence-corrected chi connectivity index (χ0v) is 17.9. The lowest BCUT2D eigenvalue weighted by Crippen LogP contribution is -2.21. The first kappa shape index (κ1) is 21.6. The second-order valence-electron chi connectivity index (χ2n) is 9.32. The van der Waals surface area contributed by atoms with Crippen molar-refractivity contribution in [1.29, 1.82) is 0 Å². The van der Waals surface area contributed by atoms with Gasteiger partial charge in [-0.2, -0.15) is 0 Å². The van der Waals surface area contributed by atoms with Crippen LogP contribution in [0.5, 0.6) is 0 Å². The fourth-order valence-electron chi connectivity index (χ4n) is 5.53. The maximum Gasteiger partial charge on any atom is 0.0446 e. The van der Waals surface area contributed by atoms with E-state index in [9.17, 15) is 0 Å². The van der Waals surface area contributed by atoms with Crippen LogP contribution in [0.15, 0.2) is 0 Å². The molecule has 1 heteroatoms. The molecule has 2 saturated carbocycles. The molecule has 0 aromatic carbocycles. The minimum absolute atomic E-state index is 0.140. The third-order valence-corrected chi connectivity index (χ3v) is 7.76. The highest BCUT2D eigenvalue weighted by atomic mass is 35.5. The number of hydrogen-bond donors (Lipinski definition) is 0. The van der Waals surface area contributed by atoms with Crippen molar-refractivity contribution in [2.24, 2.45) is 11.8 Å². The van der Waals surface area contributed by atoms with Gasteiger partial charge in [0, 0.05) is 4.87 Å². The Bertz CT molecular complexity index is 304. The van der Waals surface area contributed by atoms with Gasteiger partial charge in [-0.05, 0) is 31.1 Å². The molecule has 0 saturated heterocycles. The Balaban J connectivity index is 1.77. The summed E-state index contributed by atoms with van der Waals surface area (Å²) in [7, 11) is 0. The van der Waals surface area contributed by atoms with Crippen molar-refractivity contribution in [2.75, 3.05) is 0 Å². The maximum atomic E-state index is 7.15. The first-order valence-electron chi connectivity index (χ1n) is 11.9. The molecule has 0 amide bonds. The van der Waals surface area contributed by atoms with Gasteiger partial charge in [0.1, 0.15) is 0 Å². The summed E-state index contributed by atoms with van der Waals surface area (Å²) in [5.74, 6) is 2.04. The summed E-state index contributed by atoms with van der Waals surface area (Å²) in [5, 5.41) is 0. The van der Waals surface area contributed by atoms with Crippen molar-refractivity contribution >= 4 is 11.6 Å². The van der Waals surface area contributed by atoms with Crippen LogP contribution in [0.1, 0.15) is 135 Å². The van der Waals surface area contributed by atoms with E-state index in [1.165, 1.54) is 128 Å². The Hall–Kier alpha value is 0.290. The molecule has 0 nitrogen and oxygen atoms in total. The molecule has 0 aliphatic heterocycles. The predicted molar refractivity (Wildman–Crippen MR) is 114 cm³/mol. The monoisotopic (exact) mass is 368 g/mol. The zero-order chi connectivity index (χ0) is 17.8. The lowest BCUT2D eigenvalue weighted by atomic mass is 9.80. The van der Waals surface area contributed by atoms with E-state index in [0.717, 1.165) is 11.8 Å². The first-order chi connectivity index (χ1) is 12.2. The summed E-state index contributed by atoms with van der Waals surface area (Å²) in [6.45, 7) is 2.30. The van der Waals surface area contributed by atoms with Crippen LogP contribution in [0, 0.1) is 11.8 Å². The molecule has 2 atom stereocenters. The van der Waals surface area contributed by atoms with Crippen LogP contribution in [-0.4, -0.2) is 4.87 Å². The molecule has 25 heavy (non-hydrogen) atoms. The molecular weight excluding hydrogens is 324 g/mol. The fourth-order valence-corrected chi connectivity index (χ4v) is 5.94. The van der Waals surface area contributed by atoms with Crippen LogP contribution in [0.4, 0.5) is 0 Å². The van der Waals surface area contributed by atoms with Gasteiger partial charge in [-0.1, -0.05) is 116 Å². The molecule has 0 radical (unpaired) electrons. The van der Waals surface area contributed by atoms with Gasteiger partial charge in [-0.15, -0.1) is 11.6 Å². The number of halogens is 1. The molecule has 2 rings (SSSR count). The minimum atomic E-state index is 0.140. The summed E-state index contributed by atoms with van der Waals surface area (Å²) in [5.41, 5.74) is 0. The maximum absolute atomic E-state index is 7.15. The summed E-state index contributed by atoms with van der Waals surface area (Å²) in [4.78, 5) is 0.140. The topological polar surface area (TPSA) is 0 Å². The standard InChI is InChI=1S/C24H45Cl/c1-2-3-4-5-9-12-19-24(25)20-13-17-22-15-10-7-6-8-11-16-23(22)18-14-21-24/h22-23H,2-21H2,1H3. The second kappa shape index (κ2) is 12.6. The van der Waals surface area contributed by atoms with E-state index in [0.29, 0.717) is 0 Å². The van der Waals surface area contributed by atoms with Crippen LogP contribution in [0.25, 0.3) is 0 Å². The van der Waals surface area contributed by atoms with Gasteiger partial charge in [0.15, 0.2) is 0 Å². The smallest absolute Gasteiger partial charge is 0.0446 e. The molecule has 0 spiro atoms. The summed E-state index contributed by atoms with van der Waals surface area (Å²) in [6.07, 6.45) is 28.4. The third kappa shape index (κ3) is 8.68. The number of unbranched alkanes of at least 4 members (excludes halogenated alkanes) is 5. The summed E-state index contributed by atoms with van der Waals surface area (Å²) < 4.78 is 0. The van der Waals surface area contributed by atoms with Crippen LogP contribution in [0.3, 0.4) is 0 Å². The lowest BCUT2D eigenvalue weighted by Gasteiger charge is -2.27. The number of alkyl halides is 1. The number of fused-ring (bicyclic) bond motifs is 1. The molecule has 2 aliphatic carbocycles. The first-order valence-corrected chi connectivity index (χ1v) is 12.3. The Labute approximate surface area is 163 Å². The molecule has 0 aromatic heterocycles. The van der Waals surface area contributed by atoms with E-state index >= 15 is 0 Å². The normalized spacial score (nSPS) is 32.4. The number of rotatable bonds is 7. The Morgan fingerprint density at radius 1 is 0.640 bits per heavy atom. The van der Waals surface area contributed by atoms with Gasteiger partial charge in [0.05, 0.1) is 0 Å². The Kier molecular flexibility index (Phi) is 10.9. The second-order valence-corrected chi connectivity index (χ2v) is 10.1. The predicted octanol–water partition coefficient (Wildman–Crippen LogP) is 9.05. The molecule has 2 unspecified atom stereocenters. The van der Waals surface area contributed by atoms with E-state index in [1.54, 1.807) is 0 Å². The van der Waals surface area contributed by atoms with Crippen LogP contribution in [-0.2, 0) is 0 Å². The van der Waals surface area contributed by atoms with Crippen LogP contribution >= 0.6 is 11.6 Å². The van der Waals surface area contributed by atoms with Gasteiger partial charge in [0.2, 0.25) is 0 Å². The van der Waals surface area contributed by atoms with Crippen LogP contribution in [0.2, 0.25) is 0 Å². The largest absolute Gasteiger partial charge is 0.119 e. The van der Waals surface area contributed by atoms with Crippen molar-refractivity contribution in [3.05, 3.63) is 0 Å². The van der Waals surface area contributed by atoms with Crippen molar-refractivity contribution in [2.45, 2.75) is 140 Å². The van der Waals surface area contributed by atoms with Gasteiger partial charge >= 0.3 is 0 Å². The zero-order valence-electron chi connectivity index (χ0n) is 17.2.